The average Bonchev–Trinajstić information content (AvgIpc) is 3.05. The molecule has 0 spiro atoms. The van der Waals surface area contributed by atoms with Crippen molar-refractivity contribution in [3.63, 3.8) is 0 Å². The molecule has 0 radical (unpaired) electrons. The highest BCUT2D eigenvalue weighted by Gasteiger charge is 2.24. The molecule has 1 aliphatic heterocycles. The number of halogens is 2. The first kappa shape index (κ1) is 17.2. The van der Waals surface area contributed by atoms with Crippen molar-refractivity contribution in [3.8, 4) is 0 Å². The van der Waals surface area contributed by atoms with Gasteiger partial charge in [-0.25, -0.2) is 4.79 Å². The summed E-state index contributed by atoms with van der Waals surface area (Å²) in [5.74, 6) is -0.420. The fourth-order valence-electron chi connectivity index (χ4n) is 2.71. The Bertz CT molecular complexity index is 735. The van der Waals surface area contributed by atoms with Crippen LogP contribution in [0.2, 0.25) is 10.0 Å². The molecular formula is C16H17Cl2N3O3. The van der Waals surface area contributed by atoms with E-state index in [0.29, 0.717) is 35.4 Å². The molecule has 0 saturated carbocycles. The lowest BCUT2D eigenvalue weighted by molar-refractivity contribution is -0.0330. The van der Waals surface area contributed by atoms with Gasteiger partial charge in [0, 0.05) is 25.2 Å². The number of esters is 1. The van der Waals surface area contributed by atoms with Gasteiger partial charge in [-0.2, -0.15) is 5.10 Å². The van der Waals surface area contributed by atoms with E-state index in [1.807, 2.05) is 12.1 Å². The molecular weight excluding hydrogens is 353 g/mol. The second-order valence-electron chi connectivity index (χ2n) is 5.53. The first-order valence-corrected chi connectivity index (χ1v) is 8.23. The highest BCUT2D eigenvalue weighted by molar-refractivity contribution is 6.42. The lowest BCUT2D eigenvalue weighted by Gasteiger charge is -2.33. The molecule has 6 nitrogen and oxygen atoms in total. The summed E-state index contributed by atoms with van der Waals surface area (Å²) in [4.78, 5) is 13.9. The van der Waals surface area contributed by atoms with E-state index in [0.717, 1.165) is 17.7 Å². The van der Waals surface area contributed by atoms with Crippen LogP contribution >= 0.6 is 23.2 Å². The SMILES string of the molecule is COC(=O)c1[nH]ncc1CN1CCOC(c2ccc(Cl)c(Cl)c2)C1. The molecule has 0 aliphatic carbocycles. The fourth-order valence-corrected chi connectivity index (χ4v) is 3.02. The van der Waals surface area contributed by atoms with Gasteiger partial charge in [-0.15, -0.1) is 0 Å². The van der Waals surface area contributed by atoms with Crippen molar-refractivity contribution in [2.45, 2.75) is 12.6 Å². The zero-order chi connectivity index (χ0) is 17.1. The third kappa shape index (κ3) is 3.72. The van der Waals surface area contributed by atoms with Gasteiger partial charge in [-0.05, 0) is 17.7 Å². The summed E-state index contributed by atoms with van der Waals surface area (Å²) in [5.41, 5.74) is 2.17. The predicted octanol–water partition coefficient (Wildman–Crippen LogP) is 3.08. The quantitative estimate of drug-likeness (QED) is 0.838. The van der Waals surface area contributed by atoms with Crippen molar-refractivity contribution in [1.29, 1.82) is 0 Å². The summed E-state index contributed by atoms with van der Waals surface area (Å²) in [6.45, 7) is 2.63. The zero-order valence-electron chi connectivity index (χ0n) is 13.1. The van der Waals surface area contributed by atoms with Gasteiger partial charge in [0.05, 0.1) is 36.1 Å². The second-order valence-corrected chi connectivity index (χ2v) is 6.34. The maximum absolute atomic E-state index is 11.7. The normalized spacial score (nSPS) is 18.5. The van der Waals surface area contributed by atoms with E-state index in [4.69, 9.17) is 32.7 Å². The van der Waals surface area contributed by atoms with Gasteiger partial charge >= 0.3 is 5.97 Å². The van der Waals surface area contributed by atoms with Crippen molar-refractivity contribution in [2.24, 2.45) is 0 Å². The zero-order valence-corrected chi connectivity index (χ0v) is 14.6. The Labute approximate surface area is 149 Å². The Morgan fingerprint density at radius 3 is 3.04 bits per heavy atom. The van der Waals surface area contributed by atoms with Gasteiger partial charge in [0.1, 0.15) is 5.69 Å². The number of nitrogens with one attached hydrogen (secondary N) is 1. The number of carbonyl (C=O) groups is 1. The van der Waals surface area contributed by atoms with Crippen LogP contribution in [-0.2, 0) is 16.0 Å². The van der Waals surface area contributed by atoms with Gasteiger partial charge in [0.15, 0.2) is 0 Å². The largest absolute Gasteiger partial charge is 0.464 e. The molecule has 1 saturated heterocycles. The summed E-state index contributed by atoms with van der Waals surface area (Å²) < 4.78 is 10.6. The average molecular weight is 370 g/mol. The number of carbonyl (C=O) groups excluding carboxylic acids is 1. The Balaban J connectivity index is 1.71. The Kier molecular flexibility index (Phi) is 5.40. The molecule has 1 aromatic carbocycles. The van der Waals surface area contributed by atoms with Gasteiger partial charge in [0.2, 0.25) is 0 Å². The molecule has 1 atom stereocenters. The molecule has 1 aromatic heterocycles. The lowest BCUT2D eigenvalue weighted by atomic mass is 10.1. The minimum absolute atomic E-state index is 0.0954. The Hall–Kier alpha value is -1.60. The van der Waals surface area contributed by atoms with Crippen molar-refractivity contribution in [3.05, 3.63) is 51.3 Å². The molecule has 0 amide bonds. The van der Waals surface area contributed by atoms with Crippen LogP contribution in [0.5, 0.6) is 0 Å². The molecule has 1 fully saturated rings. The van der Waals surface area contributed by atoms with Crippen LogP contribution in [0.4, 0.5) is 0 Å². The first-order valence-electron chi connectivity index (χ1n) is 7.48. The van der Waals surface area contributed by atoms with Crippen LogP contribution in [0.1, 0.15) is 27.7 Å². The van der Waals surface area contributed by atoms with Crippen LogP contribution in [0.3, 0.4) is 0 Å². The molecule has 1 unspecified atom stereocenters. The van der Waals surface area contributed by atoms with Crippen molar-refractivity contribution in [2.75, 3.05) is 26.8 Å². The summed E-state index contributed by atoms with van der Waals surface area (Å²) >= 11 is 12.1. The molecule has 128 valence electrons. The molecule has 2 heterocycles. The van der Waals surface area contributed by atoms with E-state index in [2.05, 4.69) is 15.1 Å². The van der Waals surface area contributed by atoms with E-state index in [1.54, 1.807) is 12.3 Å². The third-order valence-corrected chi connectivity index (χ3v) is 4.71. The highest BCUT2D eigenvalue weighted by Crippen LogP contribution is 2.29. The number of nitrogens with zero attached hydrogens (tertiary/aromatic N) is 2. The Morgan fingerprint density at radius 2 is 2.29 bits per heavy atom. The van der Waals surface area contributed by atoms with E-state index >= 15 is 0 Å². The minimum atomic E-state index is -0.420. The molecule has 3 rings (SSSR count). The van der Waals surface area contributed by atoms with Gasteiger partial charge in [-0.1, -0.05) is 29.3 Å². The van der Waals surface area contributed by atoms with E-state index in [-0.39, 0.29) is 6.10 Å². The lowest BCUT2D eigenvalue weighted by Crippen LogP contribution is -2.38. The van der Waals surface area contributed by atoms with Crippen LogP contribution in [-0.4, -0.2) is 47.9 Å². The topological polar surface area (TPSA) is 67.5 Å². The monoisotopic (exact) mass is 369 g/mol. The molecule has 8 heteroatoms. The summed E-state index contributed by atoms with van der Waals surface area (Å²) in [6.07, 6.45) is 1.55. The maximum Gasteiger partial charge on any atom is 0.356 e. The molecule has 24 heavy (non-hydrogen) atoms. The van der Waals surface area contributed by atoms with Crippen LogP contribution in [0.15, 0.2) is 24.4 Å². The van der Waals surface area contributed by atoms with Gasteiger partial charge in [-0.3, -0.25) is 10.00 Å². The Morgan fingerprint density at radius 1 is 1.46 bits per heavy atom. The standard InChI is InChI=1S/C16H17Cl2N3O3/c1-23-16(22)15-11(7-19-20-15)8-21-4-5-24-14(9-21)10-2-3-12(17)13(18)6-10/h2-3,6-7,14H,4-5,8-9H2,1H3,(H,19,20). The molecule has 2 aromatic rings. The number of H-pyrrole nitrogens is 1. The number of methoxy groups -OCH3 is 1. The number of aromatic nitrogens is 2. The van der Waals surface area contributed by atoms with Crippen molar-refractivity contribution in [1.82, 2.24) is 15.1 Å². The summed E-state index contributed by atoms with van der Waals surface area (Å²) in [6, 6.07) is 5.52. The molecule has 1 N–H and O–H groups in total. The number of ether oxygens (including phenoxy) is 2. The summed E-state index contributed by atoms with van der Waals surface area (Å²) in [5, 5.41) is 7.66. The fraction of sp³-hybridized carbons (Fsp3) is 0.375. The number of hydrogen-bond acceptors (Lipinski definition) is 5. The number of rotatable bonds is 4. The van der Waals surface area contributed by atoms with Crippen LogP contribution in [0, 0.1) is 0 Å². The minimum Gasteiger partial charge on any atom is -0.464 e. The predicted molar refractivity (Wildman–Crippen MR) is 90.4 cm³/mol. The summed E-state index contributed by atoms with van der Waals surface area (Å²) in [7, 11) is 1.35. The number of aromatic amines is 1. The second kappa shape index (κ2) is 7.53. The number of hydrogen-bond donors (Lipinski definition) is 1. The number of morpholine rings is 1. The van der Waals surface area contributed by atoms with Crippen molar-refractivity contribution < 1.29 is 14.3 Å². The van der Waals surface area contributed by atoms with Gasteiger partial charge < -0.3 is 9.47 Å². The van der Waals surface area contributed by atoms with E-state index in [1.165, 1.54) is 7.11 Å². The molecule has 0 bridgehead atoms. The van der Waals surface area contributed by atoms with E-state index in [9.17, 15) is 4.79 Å². The van der Waals surface area contributed by atoms with Crippen LogP contribution in [0.25, 0.3) is 0 Å². The third-order valence-electron chi connectivity index (χ3n) is 3.97. The van der Waals surface area contributed by atoms with E-state index < -0.39 is 5.97 Å². The highest BCUT2D eigenvalue weighted by atomic mass is 35.5. The van der Waals surface area contributed by atoms with Crippen LogP contribution < -0.4 is 0 Å². The van der Waals surface area contributed by atoms with Crippen molar-refractivity contribution >= 4 is 29.2 Å². The smallest absolute Gasteiger partial charge is 0.356 e. The number of benzene rings is 1. The maximum atomic E-state index is 11.7. The first-order chi connectivity index (χ1) is 11.6. The molecule has 1 aliphatic rings. The van der Waals surface area contributed by atoms with Gasteiger partial charge in [0.25, 0.3) is 0 Å².